The van der Waals surface area contributed by atoms with Gasteiger partial charge in [0.2, 0.25) is 5.95 Å². The summed E-state index contributed by atoms with van der Waals surface area (Å²) in [4.78, 5) is 9.47. The number of hydrogen-bond donors (Lipinski definition) is 2. The van der Waals surface area contributed by atoms with Gasteiger partial charge in [0.1, 0.15) is 5.15 Å². The number of nitrogens with zero attached hydrogens (tertiary/aromatic N) is 5. The Labute approximate surface area is 201 Å². The minimum Gasteiger partial charge on any atom is -0.489 e. The van der Waals surface area contributed by atoms with Crippen LogP contribution in [-0.4, -0.2) is 38.5 Å². The van der Waals surface area contributed by atoms with E-state index in [1.165, 1.54) is 0 Å². The Morgan fingerprint density at radius 1 is 1.09 bits per heavy atom. The number of halogens is 1. The van der Waals surface area contributed by atoms with Crippen molar-refractivity contribution in [1.82, 2.24) is 19.3 Å². The van der Waals surface area contributed by atoms with Crippen molar-refractivity contribution >= 4 is 34.5 Å². The van der Waals surface area contributed by atoms with E-state index < -0.39 is 6.17 Å². The topological polar surface area (TPSA) is 105 Å². The molecule has 0 bridgehead atoms. The average molecular weight is 478 g/mol. The summed E-state index contributed by atoms with van der Waals surface area (Å²) in [6.45, 7) is 7.22. The fourth-order valence-corrected chi connectivity index (χ4v) is 4.89. The highest BCUT2D eigenvalue weighted by molar-refractivity contribution is 6.30. The number of aryl methyl sites for hydroxylation is 3. The number of nitrogens with two attached hydrogens (primary N) is 1. The number of ether oxygens (including phenoxy) is 2. The maximum absolute atomic E-state index is 6.98. The molecule has 1 atom stereocenters. The van der Waals surface area contributed by atoms with Crippen LogP contribution in [0.4, 0.5) is 5.95 Å². The molecule has 1 unspecified atom stereocenters. The number of imidazole rings is 1. The van der Waals surface area contributed by atoms with Crippen molar-refractivity contribution in [2.45, 2.75) is 33.4 Å². The predicted molar refractivity (Wildman–Crippen MR) is 132 cm³/mol. The summed E-state index contributed by atoms with van der Waals surface area (Å²) in [5, 5.41) is 8.34. The van der Waals surface area contributed by atoms with E-state index in [2.05, 4.69) is 23.5 Å². The third-order valence-electron chi connectivity index (χ3n) is 6.20. The maximum atomic E-state index is 6.98. The number of aromatic nitrogens is 4. The Bertz CT molecular complexity index is 1490. The fraction of sp³-hybridized carbons (Fsp3) is 0.292. The molecule has 6 rings (SSSR count). The van der Waals surface area contributed by atoms with Crippen LogP contribution >= 0.6 is 11.6 Å². The molecule has 4 aromatic rings. The van der Waals surface area contributed by atoms with Crippen molar-refractivity contribution in [3.63, 3.8) is 0 Å². The van der Waals surface area contributed by atoms with Crippen molar-refractivity contribution < 1.29 is 9.47 Å². The van der Waals surface area contributed by atoms with Gasteiger partial charge in [0, 0.05) is 18.6 Å². The van der Waals surface area contributed by atoms with Gasteiger partial charge in [-0.3, -0.25) is 9.88 Å². The van der Waals surface area contributed by atoms with Crippen LogP contribution in [0, 0.1) is 20.8 Å². The summed E-state index contributed by atoms with van der Waals surface area (Å²) in [6, 6.07) is 10.0. The van der Waals surface area contributed by atoms with Crippen LogP contribution in [0.15, 0.2) is 35.3 Å². The van der Waals surface area contributed by atoms with E-state index in [0.29, 0.717) is 35.8 Å². The highest BCUT2D eigenvalue weighted by Gasteiger charge is 2.32. The van der Waals surface area contributed by atoms with Crippen LogP contribution in [0.25, 0.3) is 16.7 Å². The average Bonchev–Trinajstić information content (AvgIpc) is 3.18. The van der Waals surface area contributed by atoms with Crippen molar-refractivity contribution in [2.75, 3.05) is 18.5 Å². The maximum Gasteiger partial charge on any atom is 0.212 e. The van der Waals surface area contributed by atoms with Gasteiger partial charge in [-0.15, -0.1) is 0 Å². The molecule has 2 aliphatic heterocycles. The summed E-state index contributed by atoms with van der Waals surface area (Å²) < 4.78 is 15.5. The molecule has 2 aliphatic rings. The van der Waals surface area contributed by atoms with Crippen LogP contribution in [0.2, 0.25) is 5.15 Å². The van der Waals surface area contributed by atoms with E-state index in [1.807, 2.05) is 37.5 Å². The highest BCUT2D eigenvalue weighted by Crippen LogP contribution is 2.41. The minimum atomic E-state index is -0.544. The van der Waals surface area contributed by atoms with E-state index in [-0.39, 0.29) is 5.96 Å². The molecule has 0 saturated carbocycles. The zero-order chi connectivity index (χ0) is 23.6. The van der Waals surface area contributed by atoms with Crippen LogP contribution < -0.4 is 20.5 Å². The molecule has 0 amide bonds. The van der Waals surface area contributed by atoms with Crippen molar-refractivity contribution in [2.24, 2.45) is 10.7 Å². The second-order valence-corrected chi connectivity index (χ2v) is 9.01. The molecule has 174 valence electrons. The van der Waals surface area contributed by atoms with E-state index in [1.54, 1.807) is 4.68 Å². The summed E-state index contributed by atoms with van der Waals surface area (Å²) in [5.74, 6) is 2.20. The first kappa shape index (κ1) is 20.9. The lowest BCUT2D eigenvalue weighted by Gasteiger charge is -2.24. The standard InChI is InChI=1S/C24H24ClN7O2/c1-12-5-6-13(2)16(9-12)32-21(25)20(14(3)30-32)22-28-23(26)29-24-27-15-10-18-19(11-17(15)31(22)24)34-8-4-7-33-18/h5-6,9-11,22H,4,7-8H2,1-3H3,(H3,26,27,28,29). The number of aliphatic imine (C=N–C) groups is 1. The summed E-state index contributed by atoms with van der Waals surface area (Å²) in [6.07, 6.45) is 0.284. The smallest absolute Gasteiger partial charge is 0.212 e. The first-order chi connectivity index (χ1) is 16.4. The second-order valence-electron chi connectivity index (χ2n) is 8.65. The number of guanidine groups is 1. The van der Waals surface area contributed by atoms with E-state index in [0.717, 1.165) is 45.5 Å². The first-order valence-electron chi connectivity index (χ1n) is 11.1. The molecule has 0 radical (unpaired) electrons. The number of rotatable bonds is 2. The zero-order valence-electron chi connectivity index (χ0n) is 19.1. The number of fused-ring (bicyclic) bond motifs is 4. The number of anilines is 1. The Kier molecular flexibility index (Phi) is 4.70. The molecular formula is C24H24ClN7O2. The SMILES string of the molecule is Cc1ccc(C)c(-n2nc(C)c(C3N=C(N)Nc4nc5cc6c(cc5n43)OCCCO6)c2Cl)c1. The quantitative estimate of drug-likeness (QED) is 0.447. The van der Waals surface area contributed by atoms with Crippen LogP contribution in [-0.2, 0) is 0 Å². The van der Waals surface area contributed by atoms with Gasteiger partial charge in [0.15, 0.2) is 23.6 Å². The largest absolute Gasteiger partial charge is 0.489 e. The van der Waals surface area contributed by atoms with E-state index >= 15 is 0 Å². The fourth-order valence-electron chi connectivity index (χ4n) is 4.53. The van der Waals surface area contributed by atoms with Crippen molar-refractivity contribution in [3.8, 4) is 17.2 Å². The molecule has 3 N–H and O–H groups in total. The van der Waals surface area contributed by atoms with Gasteiger partial charge in [-0.25, -0.2) is 14.7 Å². The molecular weight excluding hydrogens is 454 g/mol. The number of benzene rings is 2. The van der Waals surface area contributed by atoms with Gasteiger partial charge in [-0.1, -0.05) is 23.7 Å². The molecule has 9 nitrogen and oxygen atoms in total. The molecule has 0 spiro atoms. The third-order valence-corrected chi connectivity index (χ3v) is 6.57. The monoisotopic (exact) mass is 477 g/mol. The molecule has 2 aromatic heterocycles. The van der Waals surface area contributed by atoms with Crippen molar-refractivity contribution in [1.29, 1.82) is 0 Å². The molecule has 0 aliphatic carbocycles. The van der Waals surface area contributed by atoms with Gasteiger partial charge in [-0.2, -0.15) is 5.10 Å². The molecule has 34 heavy (non-hydrogen) atoms. The van der Waals surface area contributed by atoms with Gasteiger partial charge >= 0.3 is 0 Å². The Hall–Kier alpha value is -3.72. The molecule has 0 fully saturated rings. The minimum absolute atomic E-state index is 0.261. The van der Waals surface area contributed by atoms with E-state index in [9.17, 15) is 0 Å². The summed E-state index contributed by atoms with van der Waals surface area (Å²) >= 11 is 6.98. The lowest BCUT2D eigenvalue weighted by atomic mass is 10.1. The predicted octanol–water partition coefficient (Wildman–Crippen LogP) is 4.25. The third kappa shape index (κ3) is 3.19. The normalized spacial score (nSPS) is 17.2. The molecule has 10 heteroatoms. The number of hydrogen-bond acceptors (Lipinski definition) is 7. The molecule has 4 heterocycles. The van der Waals surface area contributed by atoms with E-state index in [4.69, 9.17) is 41.9 Å². The Balaban J connectivity index is 1.55. The number of nitrogens with one attached hydrogen (secondary N) is 1. The Morgan fingerprint density at radius 2 is 1.85 bits per heavy atom. The van der Waals surface area contributed by atoms with Gasteiger partial charge in [-0.05, 0) is 38.0 Å². The Morgan fingerprint density at radius 3 is 2.65 bits per heavy atom. The molecule has 0 saturated heterocycles. The highest BCUT2D eigenvalue weighted by atomic mass is 35.5. The van der Waals surface area contributed by atoms with Gasteiger partial charge in [0.05, 0.1) is 41.2 Å². The van der Waals surface area contributed by atoms with Crippen molar-refractivity contribution in [3.05, 3.63) is 57.9 Å². The van der Waals surface area contributed by atoms with Gasteiger partial charge < -0.3 is 15.2 Å². The summed E-state index contributed by atoms with van der Waals surface area (Å²) in [7, 11) is 0. The van der Waals surface area contributed by atoms with Crippen LogP contribution in [0.3, 0.4) is 0 Å². The zero-order valence-corrected chi connectivity index (χ0v) is 19.8. The second kappa shape index (κ2) is 7.66. The van der Waals surface area contributed by atoms with Gasteiger partial charge in [0.25, 0.3) is 0 Å². The van der Waals surface area contributed by atoms with Crippen LogP contribution in [0.1, 0.15) is 35.0 Å². The first-order valence-corrected chi connectivity index (χ1v) is 11.5. The molecule has 2 aromatic carbocycles. The lowest BCUT2D eigenvalue weighted by molar-refractivity contribution is 0.297. The van der Waals surface area contributed by atoms with Crippen LogP contribution in [0.5, 0.6) is 11.5 Å². The lowest BCUT2D eigenvalue weighted by Crippen LogP contribution is -2.31. The summed E-state index contributed by atoms with van der Waals surface area (Å²) in [5.41, 5.74) is 12.4.